The Morgan fingerprint density at radius 1 is 1.53 bits per heavy atom. The normalized spacial score (nSPS) is 12.5. The maximum atomic E-state index is 4.03. The second-order valence-electron chi connectivity index (χ2n) is 4.33. The Morgan fingerprint density at radius 2 is 2.24 bits per heavy atom. The van der Waals surface area contributed by atoms with Gasteiger partial charge in [0.15, 0.2) is 0 Å². The van der Waals surface area contributed by atoms with Crippen molar-refractivity contribution in [2.24, 2.45) is 0 Å². The van der Waals surface area contributed by atoms with Crippen LogP contribution in [0.2, 0.25) is 0 Å². The summed E-state index contributed by atoms with van der Waals surface area (Å²) in [5.41, 5.74) is 2.57. The number of halogens is 2. The van der Waals surface area contributed by atoms with E-state index in [1.165, 1.54) is 14.7 Å². The van der Waals surface area contributed by atoms with Gasteiger partial charge >= 0.3 is 0 Å². The molecule has 0 fully saturated rings. The highest BCUT2D eigenvalue weighted by Crippen LogP contribution is 2.27. The van der Waals surface area contributed by atoms with E-state index in [2.05, 4.69) is 82.5 Å². The lowest BCUT2D eigenvalue weighted by Gasteiger charge is -2.20. The van der Waals surface area contributed by atoms with Gasteiger partial charge in [-0.25, -0.2) is 0 Å². The van der Waals surface area contributed by atoms with Crippen LogP contribution >= 0.6 is 38.5 Å². The predicted octanol–water partition coefficient (Wildman–Crippen LogP) is 5.06. The van der Waals surface area contributed by atoms with Gasteiger partial charge in [0, 0.05) is 14.1 Å². The smallest absolute Gasteiger partial charge is 0.0368 e. The van der Waals surface area contributed by atoms with Crippen LogP contribution < -0.4 is 5.32 Å². The fourth-order valence-electron chi connectivity index (χ4n) is 1.74. The van der Waals surface area contributed by atoms with Crippen LogP contribution in [-0.4, -0.2) is 6.54 Å². The van der Waals surface area contributed by atoms with E-state index < -0.39 is 0 Å². The molecule has 17 heavy (non-hydrogen) atoms. The van der Waals surface area contributed by atoms with Crippen LogP contribution in [0.4, 0.5) is 0 Å². The standard InChI is InChI=1S/C14H19BrIN/c1-4-7-17-14(8-10(2)3)12-9-11(15)5-6-13(12)16/h5-6,9,14,17H,2,4,7-8H2,1,3H3. The molecule has 0 amide bonds. The second kappa shape index (κ2) is 7.54. The van der Waals surface area contributed by atoms with Gasteiger partial charge in [-0.1, -0.05) is 28.4 Å². The van der Waals surface area contributed by atoms with Crippen LogP contribution in [0.5, 0.6) is 0 Å². The van der Waals surface area contributed by atoms with Gasteiger partial charge in [0.05, 0.1) is 0 Å². The molecule has 1 rings (SSSR count). The van der Waals surface area contributed by atoms with Gasteiger partial charge in [0.25, 0.3) is 0 Å². The highest BCUT2D eigenvalue weighted by atomic mass is 127. The molecule has 0 radical (unpaired) electrons. The van der Waals surface area contributed by atoms with Gasteiger partial charge in [-0.3, -0.25) is 0 Å². The molecule has 1 aromatic carbocycles. The molecular formula is C14H19BrIN. The summed E-state index contributed by atoms with van der Waals surface area (Å²) in [7, 11) is 0. The van der Waals surface area contributed by atoms with Gasteiger partial charge < -0.3 is 5.32 Å². The monoisotopic (exact) mass is 407 g/mol. The summed E-state index contributed by atoms with van der Waals surface area (Å²) < 4.78 is 2.44. The summed E-state index contributed by atoms with van der Waals surface area (Å²) in [6.45, 7) is 9.35. The van der Waals surface area contributed by atoms with Gasteiger partial charge in [0.2, 0.25) is 0 Å². The highest BCUT2D eigenvalue weighted by molar-refractivity contribution is 14.1. The number of nitrogens with one attached hydrogen (secondary N) is 1. The van der Waals surface area contributed by atoms with Crippen LogP contribution in [0.1, 0.15) is 38.3 Å². The summed E-state index contributed by atoms with van der Waals surface area (Å²) in [5, 5.41) is 3.60. The molecule has 1 atom stereocenters. The molecule has 0 saturated carbocycles. The van der Waals surface area contributed by atoms with E-state index in [0.29, 0.717) is 6.04 Å². The fraction of sp³-hybridized carbons (Fsp3) is 0.429. The van der Waals surface area contributed by atoms with Crippen molar-refractivity contribution in [3.63, 3.8) is 0 Å². The van der Waals surface area contributed by atoms with E-state index in [1.807, 2.05) is 0 Å². The molecule has 0 spiro atoms. The lowest BCUT2D eigenvalue weighted by molar-refractivity contribution is 0.526. The minimum absolute atomic E-state index is 0.372. The van der Waals surface area contributed by atoms with Crippen molar-refractivity contribution in [2.45, 2.75) is 32.7 Å². The van der Waals surface area contributed by atoms with Gasteiger partial charge in [-0.05, 0) is 72.7 Å². The Labute approximate surface area is 126 Å². The first kappa shape index (κ1) is 15.2. The van der Waals surface area contributed by atoms with Crippen molar-refractivity contribution in [3.05, 3.63) is 44.0 Å². The van der Waals surface area contributed by atoms with Crippen LogP contribution in [0.25, 0.3) is 0 Å². The third-order valence-electron chi connectivity index (χ3n) is 2.53. The molecule has 0 aliphatic heterocycles. The Kier molecular flexibility index (Phi) is 6.74. The zero-order chi connectivity index (χ0) is 12.8. The van der Waals surface area contributed by atoms with Crippen molar-refractivity contribution in [2.75, 3.05) is 6.54 Å². The minimum atomic E-state index is 0.372. The largest absolute Gasteiger partial charge is 0.310 e. The quantitative estimate of drug-likeness (QED) is 0.513. The molecule has 1 nitrogen and oxygen atoms in total. The Bertz CT molecular complexity index is 390. The van der Waals surface area contributed by atoms with Gasteiger partial charge in [-0.15, -0.1) is 6.58 Å². The average molecular weight is 408 g/mol. The molecule has 1 unspecified atom stereocenters. The van der Waals surface area contributed by atoms with Crippen molar-refractivity contribution < 1.29 is 0 Å². The van der Waals surface area contributed by atoms with Crippen molar-refractivity contribution in [1.82, 2.24) is 5.32 Å². The maximum Gasteiger partial charge on any atom is 0.0368 e. The molecule has 0 aliphatic carbocycles. The first-order valence-electron chi connectivity index (χ1n) is 5.87. The Balaban J connectivity index is 2.93. The van der Waals surface area contributed by atoms with Crippen LogP contribution in [0, 0.1) is 3.57 Å². The molecule has 0 saturated heterocycles. The molecule has 1 N–H and O–H groups in total. The molecular weight excluding hydrogens is 389 g/mol. The molecule has 0 aliphatic rings. The molecule has 0 aromatic heterocycles. The zero-order valence-electron chi connectivity index (χ0n) is 10.4. The van der Waals surface area contributed by atoms with Crippen molar-refractivity contribution in [3.8, 4) is 0 Å². The number of rotatable bonds is 6. The first-order valence-corrected chi connectivity index (χ1v) is 7.74. The molecule has 0 heterocycles. The topological polar surface area (TPSA) is 12.0 Å². The molecule has 94 valence electrons. The number of hydrogen-bond donors (Lipinski definition) is 1. The van der Waals surface area contributed by atoms with E-state index in [-0.39, 0.29) is 0 Å². The van der Waals surface area contributed by atoms with E-state index in [4.69, 9.17) is 0 Å². The van der Waals surface area contributed by atoms with E-state index in [9.17, 15) is 0 Å². The third-order valence-corrected chi connectivity index (χ3v) is 4.00. The fourth-order valence-corrected chi connectivity index (χ4v) is 2.83. The maximum absolute atomic E-state index is 4.03. The van der Waals surface area contributed by atoms with Crippen LogP contribution in [-0.2, 0) is 0 Å². The second-order valence-corrected chi connectivity index (χ2v) is 6.41. The third kappa shape index (κ3) is 5.10. The lowest BCUT2D eigenvalue weighted by Crippen LogP contribution is -2.23. The number of hydrogen-bond acceptors (Lipinski definition) is 1. The van der Waals surface area contributed by atoms with E-state index in [0.717, 1.165) is 23.9 Å². The van der Waals surface area contributed by atoms with Crippen molar-refractivity contribution >= 4 is 38.5 Å². The van der Waals surface area contributed by atoms with Crippen LogP contribution in [0.3, 0.4) is 0 Å². The molecule has 3 heteroatoms. The van der Waals surface area contributed by atoms with Gasteiger partial charge in [-0.2, -0.15) is 0 Å². The van der Waals surface area contributed by atoms with Crippen molar-refractivity contribution in [1.29, 1.82) is 0 Å². The Hall–Kier alpha value is 0.130. The SMILES string of the molecule is C=C(C)CC(NCCC)c1cc(Br)ccc1I. The molecule has 0 bridgehead atoms. The summed E-state index contributed by atoms with van der Waals surface area (Å²) in [6, 6.07) is 6.82. The summed E-state index contributed by atoms with van der Waals surface area (Å²) in [6.07, 6.45) is 2.14. The van der Waals surface area contributed by atoms with Gasteiger partial charge in [0.1, 0.15) is 0 Å². The lowest BCUT2D eigenvalue weighted by atomic mass is 10.0. The average Bonchev–Trinajstić information content (AvgIpc) is 2.27. The van der Waals surface area contributed by atoms with E-state index in [1.54, 1.807) is 0 Å². The minimum Gasteiger partial charge on any atom is -0.310 e. The summed E-state index contributed by atoms with van der Waals surface area (Å²) in [4.78, 5) is 0. The Morgan fingerprint density at radius 3 is 2.82 bits per heavy atom. The molecule has 1 aromatic rings. The van der Waals surface area contributed by atoms with E-state index >= 15 is 0 Å². The first-order chi connectivity index (χ1) is 8.04. The predicted molar refractivity (Wildman–Crippen MR) is 87.3 cm³/mol. The zero-order valence-corrected chi connectivity index (χ0v) is 14.1. The number of benzene rings is 1. The summed E-state index contributed by atoms with van der Waals surface area (Å²) in [5.74, 6) is 0. The highest BCUT2D eigenvalue weighted by Gasteiger charge is 2.14. The van der Waals surface area contributed by atoms with Crippen LogP contribution in [0.15, 0.2) is 34.8 Å². The summed E-state index contributed by atoms with van der Waals surface area (Å²) >= 11 is 5.95.